The van der Waals surface area contributed by atoms with Gasteiger partial charge < -0.3 is 5.32 Å². The lowest BCUT2D eigenvalue weighted by Gasteiger charge is -2.06. The molecule has 0 aliphatic heterocycles. The van der Waals surface area contributed by atoms with Crippen molar-refractivity contribution in [3.05, 3.63) is 29.6 Å². The second-order valence-electron chi connectivity index (χ2n) is 4.08. The summed E-state index contributed by atoms with van der Waals surface area (Å²) in [5.41, 5.74) is -0.0595. The SMILES string of the molecule is CCCCCNC(=O)c1cc(F)cc(S(=O)(=O)Cl)c1. The van der Waals surface area contributed by atoms with Gasteiger partial charge in [0.05, 0.1) is 4.90 Å². The summed E-state index contributed by atoms with van der Waals surface area (Å²) < 4.78 is 35.5. The quantitative estimate of drug-likeness (QED) is 0.649. The summed E-state index contributed by atoms with van der Waals surface area (Å²) in [6, 6.07) is 2.80. The second-order valence-corrected chi connectivity index (χ2v) is 6.64. The summed E-state index contributed by atoms with van der Waals surface area (Å²) >= 11 is 0. The van der Waals surface area contributed by atoms with Crippen molar-refractivity contribution >= 4 is 25.6 Å². The van der Waals surface area contributed by atoms with Gasteiger partial charge in [0.1, 0.15) is 5.82 Å². The molecule has 1 N–H and O–H groups in total. The van der Waals surface area contributed by atoms with Crippen LogP contribution in [0.25, 0.3) is 0 Å². The minimum Gasteiger partial charge on any atom is -0.352 e. The van der Waals surface area contributed by atoms with Gasteiger partial charge in [0.2, 0.25) is 0 Å². The van der Waals surface area contributed by atoms with Crippen LogP contribution in [-0.4, -0.2) is 20.9 Å². The standard InChI is InChI=1S/C12H15ClFNO3S/c1-2-3-4-5-15-12(16)9-6-10(14)8-11(7-9)19(13,17)18/h6-8H,2-5H2,1H3,(H,15,16). The van der Waals surface area contributed by atoms with Crippen LogP contribution >= 0.6 is 10.7 Å². The molecule has 4 nitrogen and oxygen atoms in total. The molecule has 1 aromatic carbocycles. The Labute approximate surface area is 116 Å². The number of carbonyl (C=O) groups is 1. The van der Waals surface area contributed by atoms with E-state index >= 15 is 0 Å². The normalized spacial score (nSPS) is 11.3. The van der Waals surface area contributed by atoms with Crippen molar-refractivity contribution in [2.24, 2.45) is 0 Å². The number of benzene rings is 1. The Morgan fingerprint density at radius 1 is 1.32 bits per heavy atom. The van der Waals surface area contributed by atoms with Crippen LogP contribution in [0, 0.1) is 5.82 Å². The molecule has 0 bridgehead atoms. The van der Waals surface area contributed by atoms with E-state index in [0.717, 1.165) is 37.5 Å². The van der Waals surface area contributed by atoms with Crippen LogP contribution in [-0.2, 0) is 9.05 Å². The van der Waals surface area contributed by atoms with Crippen molar-refractivity contribution in [3.63, 3.8) is 0 Å². The van der Waals surface area contributed by atoms with Crippen molar-refractivity contribution < 1.29 is 17.6 Å². The highest BCUT2D eigenvalue weighted by Crippen LogP contribution is 2.18. The topological polar surface area (TPSA) is 63.2 Å². The van der Waals surface area contributed by atoms with Gasteiger partial charge in [-0.05, 0) is 24.6 Å². The number of nitrogens with one attached hydrogen (secondary N) is 1. The fraction of sp³-hybridized carbons (Fsp3) is 0.417. The molecule has 1 amide bonds. The van der Waals surface area contributed by atoms with Gasteiger partial charge >= 0.3 is 0 Å². The van der Waals surface area contributed by atoms with Crippen LogP contribution in [0.3, 0.4) is 0 Å². The molecule has 7 heteroatoms. The lowest BCUT2D eigenvalue weighted by molar-refractivity contribution is 0.0952. The molecule has 0 saturated heterocycles. The molecular weight excluding hydrogens is 293 g/mol. The van der Waals surface area contributed by atoms with Gasteiger partial charge in [-0.15, -0.1) is 0 Å². The lowest BCUT2D eigenvalue weighted by Crippen LogP contribution is -2.24. The number of amides is 1. The Balaban J connectivity index is 2.83. The maximum atomic E-state index is 13.3. The van der Waals surface area contributed by atoms with Crippen LogP contribution in [0.15, 0.2) is 23.1 Å². The van der Waals surface area contributed by atoms with Crippen molar-refractivity contribution in [2.75, 3.05) is 6.54 Å². The van der Waals surface area contributed by atoms with Crippen molar-refractivity contribution in [1.82, 2.24) is 5.32 Å². The first-order chi connectivity index (χ1) is 8.84. The van der Waals surface area contributed by atoms with Crippen LogP contribution in [0.5, 0.6) is 0 Å². The lowest BCUT2D eigenvalue weighted by atomic mass is 10.2. The van der Waals surface area contributed by atoms with Crippen LogP contribution < -0.4 is 5.32 Å². The summed E-state index contributed by atoms with van der Waals surface area (Å²) in [5, 5.41) is 2.60. The third-order valence-corrected chi connectivity index (χ3v) is 3.81. The summed E-state index contributed by atoms with van der Waals surface area (Å²) in [4.78, 5) is 11.3. The Hall–Kier alpha value is -1.14. The molecule has 0 aliphatic carbocycles. The van der Waals surface area contributed by atoms with Crippen LogP contribution in [0.4, 0.5) is 4.39 Å². The Morgan fingerprint density at radius 2 is 2.00 bits per heavy atom. The summed E-state index contributed by atoms with van der Waals surface area (Å²) in [5.74, 6) is -1.34. The first-order valence-electron chi connectivity index (χ1n) is 5.88. The molecule has 0 saturated carbocycles. The number of hydrogen-bond acceptors (Lipinski definition) is 3. The van der Waals surface area contributed by atoms with Crippen molar-refractivity contribution in [3.8, 4) is 0 Å². The summed E-state index contributed by atoms with van der Waals surface area (Å²) in [6.07, 6.45) is 2.81. The fourth-order valence-electron chi connectivity index (χ4n) is 1.51. The fourth-order valence-corrected chi connectivity index (χ4v) is 2.30. The Morgan fingerprint density at radius 3 is 2.58 bits per heavy atom. The molecule has 0 unspecified atom stereocenters. The zero-order chi connectivity index (χ0) is 14.5. The Bertz CT molecular complexity index is 560. The molecule has 0 fully saturated rings. The monoisotopic (exact) mass is 307 g/mol. The first kappa shape index (κ1) is 15.9. The number of hydrogen-bond donors (Lipinski definition) is 1. The average molecular weight is 308 g/mol. The van der Waals surface area contributed by atoms with Gasteiger partial charge in [-0.25, -0.2) is 12.8 Å². The predicted molar refractivity (Wildman–Crippen MR) is 71.3 cm³/mol. The number of unbranched alkanes of at least 4 members (excludes halogenated alkanes) is 2. The summed E-state index contributed by atoms with van der Waals surface area (Å²) in [6.45, 7) is 2.50. The smallest absolute Gasteiger partial charge is 0.261 e. The molecule has 1 rings (SSSR count). The highest BCUT2D eigenvalue weighted by atomic mass is 35.7. The predicted octanol–water partition coefficient (Wildman–Crippen LogP) is 2.67. The third kappa shape index (κ3) is 5.16. The first-order valence-corrected chi connectivity index (χ1v) is 8.19. The maximum absolute atomic E-state index is 13.3. The zero-order valence-corrected chi connectivity index (χ0v) is 12.0. The molecule has 0 atom stereocenters. The molecule has 0 aliphatic rings. The van der Waals surface area contributed by atoms with Gasteiger partial charge in [0.15, 0.2) is 0 Å². The molecule has 0 spiro atoms. The third-order valence-electron chi connectivity index (χ3n) is 2.48. The highest BCUT2D eigenvalue weighted by Gasteiger charge is 2.15. The molecule has 0 radical (unpaired) electrons. The van der Waals surface area contributed by atoms with E-state index in [1.54, 1.807) is 0 Å². The molecular formula is C12H15ClFNO3S. The van der Waals surface area contributed by atoms with Gasteiger partial charge in [-0.3, -0.25) is 4.79 Å². The molecule has 106 valence electrons. The van der Waals surface area contributed by atoms with Crippen molar-refractivity contribution in [2.45, 2.75) is 31.1 Å². The molecule has 0 heterocycles. The minimum atomic E-state index is -4.06. The van der Waals surface area contributed by atoms with Gasteiger partial charge in [0, 0.05) is 22.8 Å². The average Bonchev–Trinajstić information content (AvgIpc) is 2.32. The molecule has 0 aromatic heterocycles. The van der Waals surface area contributed by atoms with Gasteiger partial charge in [-0.2, -0.15) is 0 Å². The molecule has 1 aromatic rings. The van der Waals surface area contributed by atoms with E-state index in [-0.39, 0.29) is 5.56 Å². The second kappa shape index (κ2) is 6.86. The van der Waals surface area contributed by atoms with E-state index < -0.39 is 25.7 Å². The maximum Gasteiger partial charge on any atom is 0.261 e. The number of halogens is 2. The van der Waals surface area contributed by atoms with Crippen molar-refractivity contribution in [1.29, 1.82) is 0 Å². The Kier molecular flexibility index (Phi) is 5.75. The summed E-state index contributed by atoms with van der Waals surface area (Å²) in [7, 11) is 1.07. The van der Waals surface area contributed by atoms with E-state index in [4.69, 9.17) is 10.7 Å². The van der Waals surface area contributed by atoms with E-state index in [1.807, 2.05) is 6.92 Å². The van der Waals surface area contributed by atoms with Crippen LogP contribution in [0.1, 0.15) is 36.5 Å². The minimum absolute atomic E-state index is 0.0595. The molecule has 19 heavy (non-hydrogen) atoms. The van der Waals surface area contributed by atoms with Crippen LogP contribution in [0.2, 0.25) is 0 Å². The van der Waals surface area contributed by atoms with Gasteiger partial charge in [0.25, 0.3) is 15.0 Å². The highest BCUT2D eigenvalue weighted by molar-refractivity contribution is 8.13. The largest absolute Gasteiger partial charge is 0.352 e. The van der Waals surface area contributed by atoms with E-state index in [9.17, 15) is 17.6 Å². The van der Waals surface area contributed by atoms with E-state index in [0.29, 0.717) is 6.54 Å². The number of carbonyl (C=O) groups excluding carboxylic acids is 1. The number of rotatable bonds is 6. The van der Waals surface area contributed by atoms with E-state index in [1.165, 1.54) is 0 Å². The van der Waals surface area contributed by atoms with Gasteiger partial charge in [-0.1, -0.05) is 19.8 Å². The van der Waals surface area contributed by atoms with E-state index in [2.05, 4.69) is 5.32 Å². The zero-order valence-electron chi connectivity index (χ0n) is 10.4.